The molecule has 2 nitrogen and oxygen atoms in total. The number of hydrogen-bond donors (Lipinski definition) is 2. The average Bonchev–Trinajstić information content (AvgIpc) is 2.37. The maximum absolute atomic E-state index is 12.5. The number of piperidine rings is 1. The van der Waals surface area contributed by atoms with Crippen molar-refractivity contribution in [1.29, 1.82) is 0 Å². The fourth-order valence-corrected chi connectivity index (χ4v) is 3.17. The number of nitrogen functional groups attached to an aromatic ring is 1. The maximum Gasteiger partial charge on any atom is 0.416 e. The van der Waals surface area contributed by atoms with Gasteiger partial charge in [0.2, 0.25) is 0 Å². The van der Waals surface area contributed by atoms with Crippen LogP contribution < -0.4 is 11.1 Å². The second-order valence-electron chi connectivity index (χ2n) is 4.71. The van der Waals surface area contributed by atoms with E-state index < -0.39 is 11.7 Å². The van der Waals surface area contributed by atoms with Gasteiger partial charge in [0.25, 0.3) is 0 Å². The van der Waals surface area contributed by atoms with Crippen LogP contribution in [-0.2, 0) is 6.18 Å². The first kappa shape index (κ1) is 14.5. The predicted molar refractivity (Wildman–Crippen MR) is 72.2 cm³/mol. The summed E-state index contributed by atoms with van der Waals surface area (Å²) in [5, 5.41) is 3.40. The molecule has 1 aromatic carbocycles. The molecule has 1 atom stereocenters. The summed E-state index contributed by atoms with van der Waals surface area (Å²) in [7, 11) is 0. The van der Waals surface area contributed by atoms with E-state index in [2.05, 4.69) is 5.32 Å². The first-order chi connectivity index (χ1) is 8.97. The van der Waals surface area contributed by atoms with Gasteiger partial charge in [-0.3, -0.25) is 0 Å². The molecule has 1 aliphatic heterocycles. The molecular weight excluding hydrogens is 273 g/mol. The quantitative estimate of drug-likeness (QED) is 0.661. The Labute approximate surface area is 114 Å². The Hall–Kier alpha value is -0.880. The van der Waals surface area contributed by atoms with E-state index in [1.165, 1.54) is 30.7 Å². The van der Waals surface area contributed by atoms with Crippen LogP contribution in [0.4, 0.5) is 18.9 Å². The molecule has 6 heteroatoms. The second kappa shape index (κ2) is 6.05. The smallest absolute Gasteiger partial charge is 0.398 e. The Bertz CT molecular complexity index is 428. The highest BCUT2D eigenvalue weighted by atomic mass is 32.2. The van der Waals surface area contributed by atoms with Crippen LogP contribution in [0.25, 0.3) is 0 Å². The third kappa shape index (κ3) is 4.04. The normalized spacial score (nSPS) is 20.5. The lowest BCUT2D eigenvalue weighted by molar-refractivity contribution is -0.137. The van der Waals surface area contributed by atoms with E-state index >= 15 is 0 Å². The number of nitrogens with one attached hydrogen (secondary N) is 1. The highest BCUT2D eigenvalue weighted by Gasteiger charge is 2.30. The summed E-state index contributed by atoms with van der Waals surface area (Å²) < 4.78 is 37.5. The minimum atomic E-state index is -4.33. The van der Waals surface area contributed by atoms with Crippen molar-refractivity contribution in [2.24, 2.45) is 0 Å². The number of hydrogen-bond acceptors (Lipinski definition) is 3. The molecule has 2 rings (SSSR count). The van der Waals surface area contributed by atoms with Gasteiger partial charge in [-0.15, -0.1) is 11.8 Å². The van der Waals surface area contributed by atoms with Crippen LogP contribution in [0.15, 0.2) is 23.1 Å². The first-order valence-electron chi connectivity index (χ1n) is 6.30. The first-order valence-corrected chi connectivity index (χ1v) is 7.28. The molecule has 19 heavy (non-hydrogen) atoms. The van der Waals surface area contributed by atoms with Gasteiger partial charge < -0.3 is 11.1 Å². The summed E-state index contributed by atoms with van der Waals surface area (Å²) in [6, 6.07) is 4.00. The number of alkyl halides is 3. The topological polar surface area (TPSA) is 38.0 Å². The van der Waals surface area contributed by atoms with E-state index in [1.807, 2.05) is 0 Å². The third-order valence-corrected chi connectivity index (χ3v) is 4.44. The summed E-state index contributed by atoms with van der Waals surface area (Å²) in [5.74, 6) is 0.843. The van der Waals surface area contributed by atoms with E-state index in [1.54, 1.807) is 0 Å². The molecule has 1 saturated heterocycles. The summed E-state index contributed by atoms with van der Waals surface area (Å²) in [6.07, 6.45) is -0.805. The molecule has 1 unspecified atom stereocenters. The van der Waals surface area contributed by atoms with Gasteiger partial charge in [0.15, 0.2) is 0 Å². The van der Waals surface area contributed by atoms with E-state index in [4.69, 9.17) is 5.73 Å². The van der Waals surface area contributed by atoms with Gasteiger partial charge in [-0.2, -0.15) is 13.2 Å². The maximum atomic E-state index is 12.5. The third-order valence-electron chi connectivity index (χ3n) is 3.19. The molecule has 1 aliphatic rings. The van der Waals surface area contributed by atoms with Crippen molar-refractivity contribution in [1.82, 2.24) is 5.32 Å². The van der Waals surface area contributed by atoms with Crippen LogP contribution in [-0.4, -0.2) is 18.3 Å². The van der Waals surface area contributed by atoms with E-state index in [9.17, 15) is 13.2 Å². The summed E-state index contributed by atoms with van der Waals surface area (Å²) in [5.41, 5.74) is 5.21. The van der Waals surface area contributed by atoms with Gasteiger partial charge in [-0.05, 0) is 37.6 Å². The number of halogens is 3. The molecular formula is C13H17F3N2S. The van der Waals surface area contributed by atoms with Gasteiger partial charge >= 0.3 is 6.18 Å². The van der Waals surface area contributed by atoms with Crippen molar-refractivity contribution in [3.63, 3.8) is 0 Å². The van der Waals surface area contributed by atoms with E-state index in [0.717, 1.165) is 35.7 Å². The Kier molecular flexibility index (Phi) is 4.62. The van der Waals surface area contributed by atoms with Crippen LogP contribution in [0, 0.1) is 0 Å². The van der Waals surface area contributed by atoms with Crippen molar-refractivity contribution in [3.05, 3.63) is 23.8 Å². The van der Waals surface area contributed by atoms with Gasteiger partial charge in [0, 0.05) is 22.4 Å². The molecule has 1 fully saturated rings. The lowest BCUT2D eigenvalue weighted by Crippen LogP contribution is -2.35. The predicted octanol–water partition coefficient (Wildman–Crippen LogP) is 3.52. The molecule has 0 aliphatic carbocycles. The Morgan fingerprint density at radius 3 is 2.68 bits per heavy atom. The Morgan fingerprint density at radius 2 is 2.11 bits per heavy atom. The SMILES string of the molecule is Nc1cc(C(F)(F)F)ccc1SCC1CCCCN1. The van der Waals surface area contributed by atoms with Crippen molar-refractivity contribution in [2.45, 2.75) is 36.4 Å². The molecule has 1 heterocycles. The summed E-state index contributed by atoms with van der Waals surface area (Å²) in [6.45, 7) is 1.02. The van der Waals surface area contributed by atoms with E-state index in [-0.39, 0.29) is 5.69 Å². The van der Waals surface area contributed by atoms with Crippen molar-refractivity contribution >= 4 is 17.4 Å². The number of rotatable bonds is 3. The zero-order chi connectivity index (χ0) is 13.9. The molecule has 3 N–H and O–H groups in total. The van der Waals surface area contributed by atoms with Crippen LogP contribution in [0.3, 0.4) is 0 Å². The monoisotopic (exact) mass is 290 g/mol. The molecule has 0 aromatic heterocycles. The Balaban J connectivity index is 1.97. The fourth-order valence-electron chi connectivity index (χ4n) is 2.11. The largest absolute Gasteiger partial charge is 0.416 e. The van der Waals surface area contributed by atoms with Gasteiger partial charge in [-0.1, -0.05) is 6.42 Å². The molecule has 0 radical (unpaired) electrons. The van der Waals surface area contributed by atoms with Crippen LogP contribution in [0.2, 0.25) is 0 Å². The van der Waals surface area contributed by atoms with E-state index in [0.29, 0.717) is 6.04 Å². The van der Waals surface area contributed by atoms with Gasteiger partial charge in [0.05, 0.1) is 5.56 Å². The zero-order valence-corrected chi connectivity index (χ0v) is 11.3. The van der Waals surface area contributed by atoms with Crippen molar-refractivity contribution in [3.8, 4) is 0 Å². The number of anilines is 1. The van der Waals surface area contributed by atoms with Gasteiger partial charge in [-0.25, -0.2) is 0 Å². The van der Waals surface area contributed by atoms with Crippen LogP contribution in [0.1, 0.15) is 24.8 Å². The second-order valence-corrected chi connectivity index (χ2v) is 5.77. The fraction of sp³-hybridized carbons (Fsp3) is 0.538. The Morgan fingerprint density at radius 1 is 1.32 bits per heavy atom. The van der Waals surface area contributed by atoms with Crippen LogP contribution >= 0.6 is 11.8 Å². The molecule has 1 aromatic rings. The molecule has 0 amide bonds. The lowest BCUT2D eigenvalue weighted by Gasteiger charge is -2.23. The standard InChI is InChI=1S/C13H17F3N2S/c14-13(15,16)9-4-5-12(11(17)7-9)19-8-10-3-1-2-6-18-10/h4-5,7,10,18H,1-3,6,8,17H2. The minimum absolute atomic E-state index is 0.204. The highest BCUT2D eigenvalue weighted by Crippen LogP contribution is 2.34. The number of nitrogens with two attached hydrogens (primary N) is 1. The van der Waals surface area contributed by atoms with Crippen molar-refractivity contribution < 1.29 is 13.2 Å². The molecule has 0 spiro atoms. The highest BCUT2D eigenvalue weighted by molar-refractivity contribution is 7.99. The molecule has 106 valence electrons. The minimum Gasteiger partial charge on any atom is -0.398 e. The van der Waals surface area contributed by atoms with Gasteiger partial charge in [0.1, 0.15) is 0 Å². The average molecular weight is 290 g/mol. The lowest BCUT2D eigenvalue weighted by atomic mass is 10.1. The number of thioether (sulfide) groups is 1. The zero-order valence-electron chi connectivity index (χ0n) is 10.5. The molecule has 0 saturated carbocycles. The summed E-state index contributed by atoms with van der Waals surface area (Å²) >= 11 is 1.52. The number of benzene rings is 1. The summed E-state index contributed by atoms with van der Waals surface area (Å²) in [4.78, 5) is 0.723. The van der Waals surface area contributed by atoms with Crippen LogP contribution in [0.5, 0.6) is 0 Å². The van der Waals surface area contributed by atoms with Crippen molar-refractivity contribution in [2.75, 3.05) is 18.0 Å². The molecule has 0 bridgehead atoms.